The zero-order chi connectivity index (χ0) is 16.3. The molecule has 0 aliphatic carbocycles. The topological polar surface area (TPSA) is 47.9 Å². The maximum Gasteiger partial charge on any atom is 0.0787 e. The van der Waals surface area contributed by atoms with Gasteiger partial charge in [-0.05, 0) is 41.0 Å². The summed E-state index contributed by atoms with van der Waals surface area (Å²) in [6.07, 6.45) is 4.72. The van der Waals surface area contributed by atoms with E-state index in [1.165, 1.54) is 19.3 Å². The Morgan fingerprint density at radius 3 is 2.05 bits per heavy atom. The van der Waals surface area contributed by atoms with Gasteiger partial charge in [0.2, 0.25) is 0 Å². The first kappa shape index (κ1) is 20.8. The van der Waals surface area contributed by atoms with Gasteiger partial charge >= 0.3 is 0 Å². The molecule has 0 saturated carbocycles. The normalized spacial score (nSPS) is 16.7. The molecule has 4 heteroatoms. The van der Waals surface area contributed by atoms with Crippen molar-refractivity contribution >= 4 is 0 Å². The van der Waals surface area contributed by atoms with Gasteiger partial charge in [-0.15, -0.1) is 0 Å². The lowest BCUT2D eigenvalue weighted by molar-refractivity contribution is -0.118. The Balaban J connectivity index is 3.84. The van der Waals surface area contributed by atoms with E-state index in [9.17, 15) is 0 Å². The van der Waals surface area contributed by atoms with Crippen molar-refractivity contribution < 1.29 is 19.3 Å². The van der Waals surface area contributed by atoms with Crippen LogP contribution in [0, 0.1) is 0 Å². The summed E-state index contributed by atoms with van der Waals surface area (Å²) in [5.74, 6) is 0. The number of hydrogen-bond donors (Lipinski definition) is 1. The van der Waals surface area contributed by atoms with E-state index in [4.69, 9.17) is 19.3 Å². The average molecular weight is 304 g/mol. The Bertz CT molecular complexity index is 243. The van der Waals surface area contributed by atoms with Crippen LogP contribution in [-0.4, -0.2) is 48.8 Å². The van der Waals surface area contributed by atoms with E-state index in [1.807, 2.05) is 20.8 Å². The lowest BCUT2D eigenvalue weighted by Gasteiger charge is -2.30. The Hall–Kier alpha value is -0.160. The van der Waals surface area contributed by atoms with E-state index in [1.54, 1.807) is 0 Å². The van der Waals surface area contributed by atoms with E-state index in [0.29, 0.717) is 13.2 Å². The van der Waals surface area contributed by atoms with Gasteiger partial charge in [-0.2, -0.15) is 0 Å². The van der Waals surface area contributed by atoms with Crippen LogP contribution in [0.15, 0.2) is 0 Å². The molecule has 3 atom stereocenters. The molecule has 0 aromatic rings. The van der Waals surface area contributed by atoms with Crippen LogP contribution < -0.4 is 0 Å². The van der Waals surface area contributed by atoms with Crippen molar-refractivity contribution in [3.05, 3.63) is 0 Å². The SMILES string of the molecule is CCCCCC(C)(C)OC(C)COC(C)COC(C)CO. The van der Waals surface area contributed by atoms with Crippen molar-refractivity contribution in [2.24, 2.45) is 0 Å². The lowest BCUT2D eigenvalue weighted by atomic mass is 10.0. The zero-order valence-electron chi connectivity index (χ0n) is 14.9. The largest absolute Gasteiger partial charge is 0.394 e. The first-order valence-electron chi connectivity index (χ1n) is 8.32. The molecule has 4 nitrogen and oxygen atoms in total. The molecule has 0 amide bonds. The van der Waals surface area contributed by atoms with Gasteiger partial charge in [-0.3, -0.25) is 0 Å². The second-order valence-electron chi connectivity index (χ2n) is 6.62. The highest BCUT2D eigenvalue weighted by Crippen LogP contribution is 2.20. The summed E-state index contributed by atoms with van der Waals surface area (Å²) >= 11 is 0. The fourth-order valence-corrected chi connectivity index (χ4v) is 2.14. The van der Waals surface area contributed by atoms with Crippen molar-refractivity contribution in [2.75, 3.05) is 19.8 Å². The predicted octanol–water partition coefficient (Wildman–Crippen LogP) is 3.55. The quantitative estimate of drug-likeness (QED) is 0.529. The number of aliphatic hydroxyl groups excluding tert-OH is 1. The minimum absolute atomic E-state index is 0.00764. The summed E-state index contributed by atoms with van der Waals surface area (Å²) in [4.78, 5) is 0. The van der Waals surface area contributed by atoms with Crippen molar-refractivity contribution in [2.45, 2.75) is 91.1 Å². The van der Waals surface area contributed by atoms with Crippen LogP contribution in [0.5, 0.6) is 0 Å². The van der Waals surface area contributed by atoms with Crippen molar-refractivity contribution in [3.63, 3.8) is 0 Å². The summed E-state index contributed by atoms with van der Waals surface area (Å²) in [6.45, 7) is 13.5. The van der Waals surface area contributed by atoms with Crippen molar-refractivity contribution in [1.29, 1.82) is 0 Å². The molecule has 0 fully saturated rings. The molecule has 0 bridgehead atoms. The summed E-state index contributed by atoms with van der Waals surface area (Å²) in [7, 11) is 0. The smallest absolute Gasteiger partial charge is 0.0787 e. The summed E-state index contributed by atoms with van der Waals surface area (Å²) in [5, 5.41) is 8.90. The Morgan fingerprint density at radius 1 is 0.905 bits per heavy atom. The van der Waals surface area contributed by atoms with E-state index in [-0.39, 0.29) is 30.5 Å². The monoisotopic (exact) mass is 304 g/mol. The minimum atomic E-state index is -0.137. The lowest BCUT2D eigenvalue weighted by Crippen LogP contribution is -2.33. The molecule has 128 valence electrons. The zero-order valence-corrected chi connectivity index (χ0v) is 14.9. The number of unbranched alkanes of at least 4 members (excludes halogenated alkanes) is 2. The second kappa shape index (κ2) is 11.4. The van der Waals surface area contributed by atoms with Crippen LogP contribution in [0.3, 0.4) is 0 Å². The third kappa shape index (κ3) is 12.1. The summed E-state index contributed by atoms with van der Waals surface area (Å²) in [6, 6.07) is 0. The summed E-state index contributed by atoms with van der Waals surface area (Å²) < 4.78 is 17.3. The average Bonchev–Trinajstić information content (AvgIpc) is 2.42. The Labute approximate surface area is 131 Å². The highest BCUT2D eigenvalue weighted by molar-refractivity contribution is 4.70. The number of hydrogen-bond acceptors (Lipinski definition) is 4. The third-order valence-corrected chi connectivity index (χ3v) is 3.39. The third-order valence-electron chi connectivity index (χ3n) is 3.39. The van der Waals surface area contributed by atoms with E-state index < -0.39 is 0 Å². The molecule has 0 aromatic heterocycles. The van der Waals surface area contributed by atoms with Crippen LogP contribution in [0.25, 0.3) is 0 Å². The standard InChI is InChI=1S/C17H36O4/c1-7-8-9-10-17(5,6)21-16(4)13-20-15(3)12-19-14(2)11-18/h14-16,18H,7-13H2,1-6H3. The fourth-order valence-electron chi connectivity index (χ4n) is 2.14. The van der Waals surface area contributed by atoms with Gasteiger partial charge in [0.15, 0.2) is 0 Å². The molecule has 0 aliphatic heterocycles. The second-order valence-corrected chi connectivity index (χ2v) is 6.62. The van der Waals surface area contributed by atoms with Crippen LogP contribution in [0.1, 0.15) is 67.2 Å². The van der Waals surface area contributed by atoms with E-state index >= 15 is 0 Å². The number of rotatable bonds is 13. The minimum Gasteiger partial charge on any atom is -0.394 e. The van der Waals surface area contributed by atoms with Gasteiger partial charge < -0.3 is 19.3 Å². The van der Waals surface area contributed by atoms with Gasteiger partial charge in [0, 0.05) is 0 Å². The number of aliphatic hydroxyl groups is 1. The molecule has 0 aromatic carbocycles. The van der Waals surface area contributed by atoms with Gasteiger partial charge in [0.1, 0.15) is 0 Å². The predicted molar refractivity (Wildman–Crippen MR) is 86.7 cm³/mol. The van der Waals surface area contributed by atoms with Crippen LogP contribution in [-0.2, 0) is 14.2 Å². The molecule has 0 heterocycles. The maximum absolute atomic E-state index is 8.90. The van der Waals surface area contributed by atoms with Gasteiger partial charge in [0.25, 0.3) is 0 Å². The molecule has 21 heavy (non-hydrogen) atoms. The molecule has 1 N–H and O–H groups in total. The van der Waals surface area contributed by atoms with Gasteiger partial charge in [-0.1, -0.05) is 26.2 Å². The van der Waals surface area contributed by atoms with Crippen LogP contribution >= 0.6 is 0 Å². The molecule has 3 unspecified atom stereocenters. The first-order valence-corrected chi connectivity index (χ1v) is 8.32. The van der Waals surface area contributed by atoms with Crippen molar-refractivity contribution in [1.82, 2.24) is 0 Å². The van der Waals surface area contributed by atoms with Crippen molar-refractivity contribution in [3.8, 4) is 0 Å². The molecular formula is C17H36O4. The van der Waals surface area contributed by atoms with E-state index in [0.717, 1.165) is 6.42 Å². The Morgan fingerprint density at radius 2 is 1.48 bits per heavy atom. The molecular weight excluding hydrogens is 268 g/mol. The van der Waals surface area contributed by atoms with Crippen LogP contribution in [0.4, 0.5) is 0 Å². The molecule has 0 rings (SSSR count). The number of ether oxygens (including phenoxy) is 3. The summed E-state index contributed by atoms with van der Waals surface area (Å²) in [5.41, 5.74) is -0.0942. The Kier molecular flexibility index (Phi) is 11.3. The molecule has 0 radical (unpaired) electrons. The van der Waals surface area contributed by atoms with Gasteiger partial charge in [-0.25, -0.2) is 0 Å². The molecule has 0 saturated heterocycles. The maximum atomic E-state index is 8.90. The molecule has 0 aliphatic rings. The molecule has 0 spiro atoms. The van der Waals surface area contributed by atoms with Crippen LogP contribution in [0.2, 0.25) is 0 Å². The first-order chi connectivity index (χ1) is 9.80. The van der Waals surface area contributed by atoms with Gasteiger partial charge in [0.05, 0.1) is 43.7 Å². The highest BCUT2D eigenvalue weighted by Gasteiger charge is 2.21. The van der Waals surface area contributed by atoms with E-state index in [2.05, 4.69) is 20.8 Å². The highest BCUT2D eigenvalue weighted by atomic mass is 16.6. The fraction of sp³-hybridized carbons (Fsp3) is 1.00.